The fraction of sp³-hybridized carbons (Fsp3) is 0.600. The van der Waals surface area contributed by atoms with Crippen LogP contribution in [0.5, 0.6) is 0 Å². The van der Waals surface area contributed by atoms with Crippen LogP contribution in [0.15, 0.2) is 24.3 Å². The Morgan fingerprint density at radius 2 is 1.79 bits per heavy atom. The summed E-state index contributed by atoms with van der Waals surface area (Å²) in [6, 6.07) is 8.14. The highest BCUT2D eigenvalue weighted by molar-refractivity contribution is 5.69. The first-order valence-corrected chi connectivity index (χ1v) is 6.99. The number of benzene rings is 1. The van der Waals surface area contributed by atoms with E-state index in [-0.39, 0.29) is 6.10 Å². The molecule has 0 bridgehead atoms. The molecule has 0 amide bonds. The van der Waals surface area contributed by atoms with Crippen LogP contribution in [0, 0.1) is 0 Å². The average molecular weight is 265 g/mol. The fourth-order valence-corrected chi connectivity index (χ4v) is 2.09. The molecule has 4 heteroatoms. The van der Waals surface area contributed by atoms with E-state index in [9.17, 15) is 5.11 Å². The van der Waals surface area contributed by atoms with Gasteiger partial charge in [0.2, 0.25) is 0 Å². The standard InChI is InChI=1S/C15H27N3O/c1-5-18(6-2)12-13(19)11-16-14-9-7-8-10-15(14)17(3)4/h7-10,13,16,19H,5-6,11-12H2,1-4H3. The molecule has 19 heavy (non-hydrogen) atoms. The molecule has 0 aromatic heterocycles. The number of nitrogens with one attached hydrogen (secondary N) is 1. The minimum atomic E-state index is -0.352. The number of nitrogens with zero attached hydrogens (tertiary/aromatic N) is 2. The van der Waals surface area contributed by atoms with Gasteiger partial charge in [0, 0.05) is 27.2 Å². The Kier molecular flexibility index (Phi) is 6.67. The Bertz CT molecular complexity index is 364. The molecule has 1 atom stereocenters. The van der Waals surface area contributed by atoms with E-state index >= 15 is 0 Å². The predicted molar refractivity (Wildman–Crippen MR) is 83.1 cm³/mol. The number of para-hydroxylation sites is 2. The van der Waals surface area contributed by atoms with Gasteiger partial charge >= 0.3 is 0 Å². The van der Waals surface area contributed by atoms with Gasteiger partial charge in [0.15, 0.2) is 0 Å². The zero-order chi connectivity index (χ0) is 14.3. The zero-order valence-electron chi connectivity index (χ0n) is 12.6. The second kappa shape index (κ2) is 8.02. The SMILES string of the molecule is CCN(CC)CC(O)CNc1ccccc1N(C)C. The molecule has 0 aliphatic heterocycles. The first-order chi connectivity index (χ1) is 9.08. The number of rotatable bonds is 8. The van der Waals surface area contributed by atoms with Crippen LogP contribution in [-0.2, 0) is 0 Å². The van der Waals surface area contributed by atoms with Gasteiger partial charge in [0.25, 0.3) is 0 Å². The van der Waals surface area contributed by atoms with E-state index in [0.717, 1.165) is 24.5 Å². The third kappa shape index (κ3) is 5.09. The molecule has 1 aromatic carbocycles. The summed E-state index contributed by atoms with van der Waals surface area (Å²) in [6.45, 7) is 7.46. The third-order valence-corrected chi connectivity index (χ3v) is 3.28. The lowest BCUT2D eigenvalue weighted by Gasteiger charge is -2.23. The fourth-order valence-electron chi connectivity index (χ4n) is 2.09. The molecule has 1 unspecified atom stereocenters. The van der Waals surface area contributed by atoms with Gasteiger partial charge in [-0.05, 0) is 25.2 Å². The van der Waals surface area contributed by atoms with Crippen LogP contribution in [0.1, 0.15) is 13.8 Å². The molecule has 0 fully saturated rings. The summed E-state index contributed by atoms with van der Waals surface area (Å²) in [4.78, 5) is 4.29. The summed E-state index contributed by atoms with van der Waals surface area (Å²) >= 11 is 0. The highest BCUT2D eigenvalue weighted by atomic mass is 16.3. The van der Waals surface area contributed by atoms with Crippen LogP contribution in [0.25, 0.3) is 0 Å². The van der Waals surface area contributed by atoms with Gasteiger partial charge in [-0.3, -0.25) is 0 Å². The maximum Gasteiger partial charge on any atom is 0.0839 e. The molecule has 1 aromatic rings. The van der Waals surface area contributed by atoms with Gasteiger partial charge in [-0.15, -0.1) is 0 Å². The summed E-state index contributed by atoms with van der Waals surface area (Å²) < 4.78 is 0. The summed E-state index contributed by atoms with van der Waals surface area (Å²) in [5.41, 5.74) is 2.20. The number of aliphatic hydroxyl groups is 1. The number of hydrogen-bond donors (Lipinski definition) is 2. The quantitative estimate of drug-likeness (QED) is 0.752. The number of aliphatic hydroxyl groups excluding tert-OH is 1. The third-order valence-electron chi connectivity index (χ3n) is 3.28. The van der Waals surface area contributed by atoms with Gasteiger partial charge in [0.1, 0.15) is 0 Å². The van der Waals surface area contributed by atoms with Crippen LogP contribution in [0.2, 0.25) is 0 Å². The van der Waals surface area contributed by atoms with Crippen molar-refractivity contribution in [2.24, 2.45) is 0 Å². The Morgan fingerprint density at radius 1 is 1.16 bits per heavy atom. The molecule has 0 aliphatic carbocycles. The Labute approximate surface area is 117 Å². The van der Waals surface area contributed by atoms with Gasteiger partial charge in [-0.2, -0.15) is 0 Å². The first kappa shape index (κ1) is 15.8. The molecule has 4 nitrogen and oxygen atoms in total. The molecule has 0 radical (unpaired) electrons. The second-order valence-corrected chi connectivity index (χ2v) is 4.93. The number of likely N-dealkylation sites (N-methyl/N-ethyl adjacent to an activating group) is 1. The van der Waals surface area contributed by atoms with E-state index in [0.29, 0.717) is 13.1 Å². The van der Waals surface area contributed by atoms with Crippen LogP contribution >= 0.6 is 0 Å². The van der Waals surface area contributed by atoms with Crippen LogP contribution in [0.4, 0.5) is 11.4 Å². The van der Waals surface area contributed by atoms with Crippen molar-refractivity contribution in [2.45, 2.75) is 20.0 Å². The molecular weight excluding hydrogens is 238 g/mol. The van der Waals surface area contributed by atoms with Gasteiger partial charge in [-0.25, -0.2) is 0 Å². The van der Waals surface area contributed by atoms with E-state index in [1.54, 1.807) is 0 Å². The monoisotopic (exact) mass is 265 g/mol. The Hall–Kier alpha value is -1.26. The molecule has 0 saturated carbocycles. The molecule has 2 N–H and O–H groups in total. The van der Waals surface area contributed by atoms with E-state index in [1.165, 1.54) is 0 Å². The topological polar surface area (TPSA) is 38.7 Å². The Morgan fingerprint density at radius 3 is 2.37 bits per heavy atom. The van der Waals surface area contributed by atoms with E-state index < -0.39 is 0 Å². The lowest BCUT2D eigenvalue weighted by molar-refractivity contribution is 0.128. The van der Waals surface area contributed by atoms with Crippen LogP contribution < -0.4 is 10.2 Å². The molecule has 0 aliphatic rings. The lowest BCUT2D eigenvalue weighted by Crippen LogP contribution is -2.36. The van der Waals surface area contributed by atoms with Gasteiger partial charge in [-0.1, -0.05) is 26.0 Å². The van der Waals surface area contributed by atoms with Crippen molar-refractivity contribution in [1.82, 2.24) is 4.90 Å². The van der Waals surface area contributed by atoms with Crippen LogP contribution in [0.3, 0.4) is 0 Å². The second-order valence-electron chi connectivity index (χ2n) is 4.93. The predicted octanol–water partition coefficient (Wildman–Crippen LogP) is 1.87. The highest BCUT2D eigenvalue weighted by Crippen LogP contribution is 2.23. The van der Waals surface area contributed by atoms with E-state index in [1.807, 2.05) is 32.3 Å². The van der Waals surface area contributed by atoms with Crippen LogP contribution in [-0.4, -0.2) is 56.4 Å². The molecule has 0 saturated heterocycles. The molecule has 0 heterocycles. The van der Waals surface area contributed by atoms with E-state index in [4.69, 9.17) is 0 Å². The van der Waals surface area contributed by atoms with Crippen molar-refractivity contribution < 1.29 is 5.11 Å². The van der Waals surface area contributed by atoms with Crippen molar-refractivity contribution in [3.8, 4) is 0 Å². The maximum absolute atomic E-state index is 10.1. The normalized spacial score (nSPS) is 12.5. The van der Waals surface area contributed by atoms with Crippen molar-refractivity contribution in [2.75, 3.05) is 50.5 Å². The molecule has 1 rings (SSSR count). The first-order valence-electron chi connectivity index (χ1n) is 6.99. The summed E-state index contributed by atoms with van der Waals surface area (Å²) in [7, 11) is 4.04. The molecule has 0 spiro atoms. The molecular formula is C15H27N3O. The Balaban J connectivity index is 2.52. The van der Waals surface area contributed by atoms with E-state index in [2.05, 4.69) is 35.0 Å². The smallest absolute Gasteiger partial charge is 0.0839 e. The average Bonchev–Trinajstić information content (AvgIpc) is 2.42. The number of hydrogen-bond acceptors (Lipinski definition) is 4. The highest BCUT2D eigenvalue weighted by Gasteiger charge is 2.10. The summed E-state index contributed by atoms with van der Waals surface area (Å²) in [6.07, 6.45) is -0.352. The largest absolute Gasteiger partial charge is 0.390 e. The van der Waals surface area contributed by atoms with Crippen molar-refractivity contribution in [3.63, 3.8) is 0 Å². The van der Waals surface area contributed by atoms with Crippen molar-refractivity contribution in [3.05, 3.63) is 24.3 Å². The minimum Gasteiger partial charge on any atom is -0.390 e. The van der Waals surface area contributed by atoms with Gasteiger partial charge < -0.3 is 20.2 Å². The lowest BCUT2D eigenvalue weighted by atomic mass is 10.2. The summed E-state index contributed by atoms with van der Waals surface area (Å²) in [5.74, 6) is 0. The minimum absolute atomic E-state index is 0.352. The maximum atomic E-state index is 10.1. The van der Waals surface area contributed by atoms with Crippen molar-refractivity contribution in [1.29, 1.82) is 0 Å². The number of anilines is 2. The van der Waals surface area contributed by atoms with Crippen molar-refractivity contribution >= 4 is 11.4 Å². The van der Waals surface area contributed by atoms with Gasteiger partial charge in [0.05, 0.1) is 17.5 Å². The molecule has 108 valence electrons. The zero-order valence-corrected chi connectivity index (χ0v) is 12.6. The summed E-state index contributed by atoms with van der Waals surface area (Å²) in [5, 5.41) is 13.4.